The number of nitriles is 1. The van der Waals surface area contributed by atoms with Gasteiger partial charge in [0, 0.05) is 24.8 Å². The average Bonchev–Trinajstić information content (AvgIpc) is 2.49. The average molecular weight is 268 g/mol. The van der Waals surface area contributed by atoms with Crippen LogP contribution in [0.2, 0.25) is 0 Å². The van der Waals surface area contributed by atoms with Crippen molar-refractivity contribution >= 4 is 5.69 Å². The van der Waals surface area contributed by atoms with Gasteiger partial charge in [0.15, 0.2) is 0 Å². The number of aryl methyl sites for hydroxylation is 1. The lowest BCUT2D eigenvalue weighted by Crippen LogP contribution is -2.17. The second-order valence-corrected chi connectivity index (χ2v) is 4.77. The van der Waals surface area contributed by atoms with E-state index in [4.69, 9.17) is 5.26 Å². The standard InChI is InChI=1S/C17H17FN2/c1-3-13-7-9-16(10-8-13)20(2)12-15-6-4-5-14(11-19)17(15)18/h4-10H,3,12H2,1-2H3. The van der Waals surface area contributed by atoms with Gasteiger partial charge in [0.1, 0.15) is 11.9 Å². The number of anilines is 1. The van der Waals surface area contributed by atoms with E-state index in [0.717, 1.165) is 12.1 Å². The Labute approximate surface area is 119 Å². The first-order valence-electron chi connectivity index (χ1n) is 6.63. The Morgan fingerprint density at radius 3 is 2.45 bits per heavy atom. The van der Waals surface area contributed by atoms with Crippen LogP contribution in [-0.2, 0) is 13.0 Å². The summed E-state index contributed by atoms with van der Waals surface area (Å²) in [7, 11) is 1.92. The molecule has 102 valence electrons. The predicted molar refractivity (Wildman–Crippen MR) is 79.0 cm³/mol. The van der Waals surface area contributed by atoms with E-state index in [1.807, 2.05) is 30.1 Å². The molecular formula is C17H17FN2. The highest BCUT2D eigenvalue weighted by Crippen LogP contribution is 2.19. The number of halogens is 1. The molecule has 0 radical (unpaired) electrons. The molecule has 0 saturated heterocycles. The summed E-state index contributed by atoms with van der Waals surface area (Å²) >= 11 is 0. The van der Waals surface area contributed by atoms with Crippen molar-refractivity contribution in [2.75, 3.05) is 11.9 Å². The summed E-state index contributed by atoms with van der Waals surface area (Å²) in [5, 5.41) is 8.85. The summed E-state index contributed by atoms with van der Waals surface area (Å²) in [6.45, 7) is 2.55. The zero-order valence-electron chi connectivity index (χ0n) is 11.7. The molecule has 0 aliphatic heterocycles. The van der Waals surface area contributed by atoms with Crippen LogP contribution in [0.4, 0.5) is 10.1 Å². The molecule has 0 N–H and O–H groups in total. The maximum Gasteiger partial charge on any atom is 0.145 e. The molecule has 0 fully saturated rings. The van der Waals surface area contributed by atoms with Crippen molar-refractivity contribution in [3.8, 4) is 6.07 Å². The summed E-state index contributed by atoms with van der Waals surface area (Å²) in [5.41, 5.74) is 2.94. The van der Waals surface area contributed by atoms with Gasteiger partial charge < -0.3 is 4.90 Å². The van der Waals surface area contributed by atoms with Crippen LogP contribution in [0.25, 0.3) is 0 Å². The second-order valence-electron chi connectivity index (χ2n) is 4.77. The molecule has 2 aromatic carbocycles. The lowest BCUT2D eigenvalue weighted by Gasteiger charge is -2.20. The fraction of sp³-hybridized carbons (Fsp3) is 0.235. The largest absolute Gasteiger partial charge is 0.370 e. The van der Waals surface area contributed by atoms with E-state index >= 15 is 0 Å². The highest BCUT2D eigenvalue weighted by molar-refractivity contribution is 5.48. The Kier molecular flexibility index (Phi) is 4.37. The lowest BCUT2D eigenvalue weighted by molar-refractivity contribution is 0.604. The van der Waals surface area contributed by atoms with E-state index in [1.54, 1.807) is 12.1 Å². The minimum Gasteiger partial charge on any atom is -0.370 e. The van der Waals surface area contributed by atoms with E-state index in [-0.39, 0.29) is 5.56 Å². The molecule has 2 rings (SSSR count). The highest BCUT2D eigenvalue weighted by Gasteiger charge is 2.10. The maximum absolute atomic E-state index is 14.0. The van der Waals surface area contributed by atoms with Gasteiger partial charge in [-0.15, -0.1) is 0 Å². The van der Waals surface area contributed by atoms with Gasteiger partial charge in [-0.2, -0.15) is 5.26 Å². The first-order chi connectivity index (χ1) is 9.65. The summed E-state index contributed by atoms with van der Waals surface area (Å²) in [5.74, 6) is -0.424. The van der Waals surface area contributed by atoms with Crippen LogP contribution < -0.4 is 4.90 Å². The van der Waals surface area contributed by atoms with Crippen molar-refractivity contribution in [3.63, 3.8) is 0 Å². The van der Waals surface area contributed by atoms with Gasteiger partial charge in [-0.25, -0.2) is 4.39 Å². The van der Waals surface area contributed by atoms with Crippen molar-refractivity contribution in [2.24, 2.45) is 0 Å². The molecule has 0 unspecified atom stereocenters. The molecule has 0 aliphatic carbocycles. The van der Waals surface area contributed by atoms with Gasteiger partial charge in [-0.3, -0.25) is 0 Å². The molecule has 20 heavy (non-hydrogen) atoms. The zero-order chi connectivity index (χ0) is 14.5. The summed E-state index contributed by atoms with van der Waals surface area (Å²) in [4.78, 5) is 1.97. The molecule has 0 spiro atoms. The normalized spacial score (nSPS) is 10.1. The Morgan fingerprint density at radius 2 is 1.85 bits per heavy atom. The maximum atomic E-state index is 14.0. The van der Waals surface area contributed by atoms with E-state index < -0.39 is 5.82 Å². The molecule has 2 aromatic rings. The second kappa shape index (κ2) is 6.21. The molecule has 3 heteroatoms. The first-order valence-corrected chi connectivity index (χ1v) is 6.63. The molecule has 0 bridgehead atoms. The van der Waals surface area contributed by atoms with Gasteiger partial charge in [0.2, 0.25) is 0 Å². The molecule has 0 heterocycles. The molecule has 2 nitrogen and oxygen atoms in total. The van der Waals surface area contributed by atoms with Gasteiger partial charge in [-0.1, -0.05) is 31.2 Å². The van der Waals surface area contributed by atoms with Crippen LogP contribution in [0, 0.1) is 17.1 Å². The van der Waals surface area contributed by atoms with Gasteiger partial charge in [-0.05, 0) is 30.2 Å². The molecule has 0 aromatic heterocycles. The van der Waals surface area contributed by atoms with Crippen LogP contribution in [-0.4, -0.2) is 7.05 Å². The molecular weight excluding hydrogens is 251 g/mol. The van der Waals surface area contributed by atoms with Gasteiger partial charge in [0.25, 0.3) is 0 Å². The third-order valence-corrected chi connectivity index (χ3v) is 3.39. The number of rotatable bonds is 4. The molecule has 0 aliphatic rings. The van der Waals surface area contributed by atoms with Crippen molar-refractivity contribution in [1.82, 2.24) is 0 Å². The minimum atomic E-state index is -0.424. The van der Waals surface area contributed by atoms with Crippen LogP contribution in [0.1, 0.15) is 23.6 Å². The summed E-state index contributed by atoms with van der Waals surface area (Å²) in [6, 6.07) is 15.0. The number of benzene rings is 2. The molecule has 0 saturated carbocycles. The van der Waals surface area contributed by atoms with Crippen molar-refractivity contribution < 1.29 is 4.39 Å². The zero-order valence-corrected chi connectivity index (χ0v) is 11.7. The summed E-state index contributed by atoms with van der Waals surface area (Å²) < 4.78 is 14.0. The quantitative estimate of drug-likeness (QED) is 0.841. The molecule has 0 atom stereocenters. The third-order valence-electron chi connectivity index (χ3n) is 3.39. The van der Waals surface area contributed by atoms with Crippen molar-refractivity contribution in [1.29, 1.82) is 5.26 Å². The van der Waals surface area contributed by atoms with E-state index in [1.165, 1.54) is 11.6 Å². The van der Waals surface area contributed by atoms with E-state index in [9.17, 15) is 4.39 Å². The van der Waals surface area contributed by atoms with Crippen LogP contribution in [0.5, 0.6) is 0 Å². The first kappa shape index (κ1) is 14.1. The van der Waals surface area contributed by atoms with Crippen LogP contribution >= 0.6 is 0 Å². The smallest absolute Gasteiger partial charge is 0.145 e. The van der Waals surface area contributed by atoms with Gasteiger partial charge in [0.05, 0.1) is 5.56 Å². The lowest BCUT2D eigenvalue weighted by atomic mass is 10.1. The Hall–Kier alpha value is -2.34. The SMILES string of the molecule is CCc1ccc(N(C)Cc2cccc(C#N)c2F)cc1. The summed E-state index contributed by atoms with van der Waals surface area (Å²) in [6.07, 6.45) is 1.00. The number of hydrogen-bond acceptors (Lipinski definition) is 2. The Morgan fingerprint density at radius 1 is 1.15 bits per heavy atom. The van der Waals surface area contributed by atoms with Gasteiger partial charge >= 0.3 is 0 Å². The van der Waals surface area contributed by atoms with Crippen molar-refractivity contribution in [2.45, 2.75) is 19.9 Å². The van der Waals surface area contributed by atoms with E-state index in [2.05, 4.69) is 19.1 Å². The monoisotopic (exact) mass is 268 g/mol. The predicted octanol–water partition coefficient (Wildman–Crippen LogP) is 3.90. The Balaban J connectivity index is 2.19. The van der Waals surface area contributed by atoms with Crippen LogP contribution in [0.3, 0.4) is 0 Å². The third kappa shape index (κ3) is 2.97. The minimum absolute atomic E-state index is 0.0947. The van der Waals surface area contributed by atoms with Crippen molar-refractivity contribution in [3.05, 3.63) is 65.0 Å². The fourth-order valence-electron chi connectivity index (χ4n) is 2.12. The number of hydrogen-bond donors (Lipinski definition) is 0. The highest BCUT2D eigenvalue weighted by atomic mass is 19.1. The van der Waals surface area contributed by atoms with Crippen LogP contribution in [0.15, 0.2) is 42.5 Å². The number of nitrogens with zero attached hydrogens (tertiary/aromatic N) is 2. The fourth-order valence-corrected chi connectivity index (χ4v) is 2.12. The Bertz CT molecular complexity index is 626. The topological polar surface area (TPSA) is 27.0 Å². The molecule has 0 amide bonds. The van der Waals surface area contributed by atoms with E-state index in [0.29, 0.717) is 12.1 Å².